The van der Waals surface area contributed by atoms with Gasteiger partial charge in [-0.1, -0.05) is 30.4 Å². The molecule has 1 aromatic carbocycles. The van der Waals surface area contributed by atoms with Gasteiger partial charge < -0.3 is 4.74 Å². The average Bonchev–Trinajstić information content (AvgIpc) is 2.52. The minimum Gasteiger partial charge on any atom is -0.426 e. The first-order valence-corrected chi connectivity index (χ1v) is 6.15. The number of rotatable bonds is 1. The summed E-state index contributed by atoms with van der Waals surface area (Å²) in [5.74, 6) is 0.416. The molecule has 1 aliphatic rings. The molecule has 0 fully saturated rings. The molecule has 2 heteroatoms. The average molecular weight is 242 g/mol. The molecule has 94 valence electrons. The van der Waals surface area contributed by atoms with Crippen LogP contribution in [0.5, 0.6) is 5.75 Å². The van der Waals surface area contributed by atoms with Crippen LogP contribution in [-0.2, 0) is 11.2 Å². The van der Waals surface area contributed by atoms with Crippen LogP contribution in [0.3, 0.4) is 0 Å². The van der Waals surface area contributed by atoms with E-state index in [2.05, 4.69) is 12.2 Å². The summed E-state index contributed by atoms with van der Waals surface area (Å²) in [5, 5.41) is 0. The Balaban J connectivity index is 2.22. The summed E-state index contributed by atoms with van der Waals surface area (Å²) in [4.78, 5) is 11.8. The third-order valence-corrected chi connectivity index (χ3v) is 2.80. The highest BCUT2D eigenvalue weighted by Gasteiger charge is 2.23. The van der Waals surface area contributed by atoms with Crippen LogP contribution in [0.4, 0.5) is 0 Å². The predicted octanol–water partition coefficient (Wildman–Crippen LogP) is 3.76. The second kappa shape index (κ2) is 4.81. The van der Waals surface area contributed by atoms with Gasteiger partial charge in [-0.3, -0.25) is 4.79 Å². The number of fused-ring (bicyclic) bond motifs is 1. The summed E-state index contributed by atoms with van der Waals surface area (Å²) in [5.41, 5.74) is 1.88. The van der Waals surface area contributed by atoms with Crippen molar-refractivity contribution in [1.29, 1.82) is 0 Å². The van der Waals surface area contributed by atoms with Crippen molar-refractivity contribution in [2.75, 3.05) is 0 Å². The highest BCUT2D eigenvalue weighted by atomic mass is 16.5. The topological polar surface area (TPSA) is 26.3 Å². The summed E-state index contributed by atoms with van der Waals surface area (Å²) in [6.07, 6.45) is 9.07. The summed E-state index contributed by atoms with van der Waals surface area (Å²) >= 11 is 0. The molecule has 1 aromatic rings. The van der Waals surface area contributed by atoms with Crippen molar-refractivity contribution < 1.29 is 9.53 Å². The molecule has 0 amide bonds. The standard InChI is InChI=1S/C16H18O2/c1-16(2,3)15(17)18-14-10-9-12-7-5-4-6-8-13(12)11-14/h4-7,9-11H,8H2,1-3H3. The summed E-state index contributed by atoms with van der Waals surface area (Å²) in [7, 11) is 0. The number of ether oxygens (including phenoxy) is 1. The lowest BCUT2D eigenvalue weighted by Crippen LogP contribution is -2.25. The van der Waals surface area contributed by atoms with E-state index < -0.39 is 5.41 Å². The zero-order valence-electron chi connectivity index (χ0n) is 11.1. The molecule has 2 rings (SSSR count). The normalized spacial score (nSPS) is 13.9. The Morgan fingerprint density at radius 3 is 2.72 bits per heavy atom. The Morgan fingerprint density at radius 1 is 1.22 bits per heavy atom. The van der Waals surface area contributed by atoms with E-state index in [1.807, 2.05) is 51.1 Å². The lowest BCUT2D eigenvalue weighted by atomic mass is 9.97. The van der Waals surface area contributed by atoms with Gasteiger partial charge in [0.05, 0.1) is 5.41 Å². The van der Waals surface area contributed by atoms with Crippen LogP contribution in [0.15, 0.2) is 36.4 Å². The first kappa shape index (κ1) is 12.6. The molecule has 2 nitrogen and oxygen atoms in total. The fraction of sp³-hybridized carbons (Fsp3) is 0.312. The van der Waals surface area contributed by atoms with Gasteiger partial charge in [0, 0.05) is 0 Å². The van der Waals surface area contributed by atoms with Crippen LogP contribution in [0.25, 0.3) is 6.08 Å². The third kappa shape index (κ3) is 2.89. The van der Waals surface area contributed by atoms with E-state index in [0.717, 1.165) is 6.42 Å². The van der Waals surface area contributed by atoms with Crippen LogP contribution in [0.1, 0.15) is 31.9 Å². The summed E-state index contributed by atoms with van der Waals surface area (Å²) in [6, 6.07) is 5.78. The fourth-order valence-corrected chi connectivity index (χ4v) is 1.68. The van der Waals surface area contributed by atoms with E-state index in [4.69, 9.17) is 4.74 Å². The monoisotopic (exact) mass is 242 g/mol. The highest BCUT2D eigenvalue weighted by Crippen LogP contribution is 2.24. The number of benzene rings is 1. The Morgan fingerprint density at radius 2 is 2.00 bits per heavy atom. The van der Waals surface area contributed by atoms with E-state index in [1.165, 1.54) is 11.1 Å². The number of hydrogen-bond acceptors (Lipinski definition) is 2. The number of esters is 1. The fourth-order valence-electron chi connectivity index (χ4n) is 1.68. The molecule has 0 saturated carbocycles. The van der Waals surface area contributed by atoms with Gasteiger partial charge >= 0.3 is 5.97 Å². The van der Waals surface area contributed by atoms with Crippen LogP contribution >= 0.6 is 0 Å². The lowest BCUT2D eigenvalue weighted by Gasteiger charge is -2.17. The predicted molar refractivity (Wildman–Crippen MR) is 73.4 cm³/mol. The first-order chi connectivity index (χ1) is 8.47. The van der Waals surface area contributed by atoms with Crippen molar-refractivity contribution in [2.45, 2.75) is 27.2 Å². The second-order valence-electron chi connectivity index (χ2n) is 5.49. The van der Waals surface area contributed by atoms with Crippen LogP contribution in [-0.4, -0.2) is 5.97 Å². The van der Waals surface area contributed by atoms with Crippen molar-refractivity contribution in [1.82, 2.24) is 0 Å². The number of allylic oxidation sites excluding steroid dienone is 3. The van der Waals surface area contributed by atoms with Gasteiger partial charge in [-0.25, -0.2) is 0 Å². The van der Waals surface area contributed by atoms with Crippen LogP contribution in [0, 0.1) is 5.41 Å². The number of carbonyl (C=O) groups is 1. The van der Waals surface area contributed by atoms with Gasteiger partial charge in [0.25, 0.3) is 0 Å². The zero-order valence-corrected chi connectivity index (χ0v) is 11.1. The van der Waals surface area contributed by atoms with E-state index in [-0.39, 0.29) is 5.97 Å². The molecule has 1 aliphatic carbocycles. The number of carbonyl (C=O) groups excluding carboxylic acids is 1. The smallest absolute Gasteiger partial charge is 0.316 e. The molecule has 0 aliphatic heterocycles. The maximum atomic E-state index is 11.8. The Bertz CT molecular complexity index is 516. The third-order valence-electron chi connectivity index (χ3n) is 2.80. The molecule has 18 heavy (non-hydrogen) atoms. The van der Waals surface area contributed by atoms with Crippen molar-refractivity contribution in [3.05, 3.63) is 47.6 Å². The van der Waals surface area contributed by atoms with Crippen LogP contribution in [0.2, 0.25) is 0 Å². The molecule has 0 atom stereocenters. The molecule has 0 saturated heterocycles. The second-order valence-corrected chi connectivity index (χ2v) is 5.49. The Labute approximate surface area is 108 Å². The van der Waals surface area contributed by atoms with E-state index >= 15 is 0 Å². The molecule has 0 radical (unpaired) electrons. The van der Waals surface area contributed by atoms with Gasteiger partial charge in [0.1, 0.15) is 5.75 Å². The van der Waals surface area contributed by atoms with Crippen molar-refractivity contribution in [2.24, 2.45) is 5.41 Å². The molecule has 0 unspecified atom stereocenters. The van der Waals surface area contributed by atoms with E-state index in [1.54, 1.807) is 0 Å². The minimum atomic E-state index is -0.480. The molecule has 0 N–H and O–H groups in total. The lowest BCUT2D eigenvalue weighted by molar-refractivity contribution is -0.142. The maximum Gasteiger partial charge on any atom is 0.316 e. The summed E-state index contributed by atoms with van der Waals surface area (Å²) < 4.78 is 5.40. The van der Waals surface area contributed by atoms with Crippen molar-refractivity contribution in [3.63, 3.8) is 0 Å². The van der Waals surface area contributed by atoms with Gasteiger partial charge in [-0.05, 0) is 50.5 Å². The van der Waals surface area contributed by atoms with Crippen LogP contribution < -0.4 is 4.74 Å². The Kier molecular flexibility index (Phi) is 3.37. The van der Waals surface area contributed by atoms with Crippen molar-refractivity contribution >= 4 is 12.0 Å². The number of hydrogen-bond donors (Lipinski definition) is 0. The first-order valence-electron chi connectivity index (χ1n) is 6.15. The highest BCUT2D eigenvalue weighted by molar-refractivity contribution is 5.78. The molecule has 0 heterocycles. The summed E-state index contributed by atoms with van der Waals surface area (Å²) in [6.45, 7) is 5.55. The van der Waals surface area contributed by atoms with Gasteiger partial charge in [0.15, 0.2) is 0 Å². The SMILES string of the molecule is CC(C)(C)C(=O)Oc1ccc2c(c1)CC=CC=C2. The maximum absolute atomic E-state index is 11.8. The quantitative estimate of drug-likeness (QED) is 0.553. The van der Waals surface area contributed by atoms with Gasteiger partial charge in [-0.15, -0.1) is 0 Å². The molecule has 0 bridgehead atoms. The molecular formula is C16H18O2. The van der Waals surface area contributed by atoms with E-state index in [9.17, 15) is 4.79 Å². The molecule has 0 spiro atoms. The molecule has 0 aromatic heterocycles. The van der Waals surface area contributed by atoms with Crippen molar-refractivity contribution in [3.8, 4) is 5.75 Å². The molecular weight excluding hydrogens is 224 g/mol. The van der Waals surface area contributed by atoms with E-state index in [0.29, 0.717) is 5.75 Å². The zero-order chi connectivity index (χ0) is 13.2. The largest absolute Gasteiger partial charge is 0.426 e. The van der Waals surface area contributed by atoms with Gasteiger partial charge in [0.2, 0.25) is 0 Å². The minimum absolute atomic E-state index is 0.206. The Hall–Kier alpha value is -1.83. The van der Waals surface area contributed by atoms with Gasteiger partial charge in [-0.2, -0.15) is 0 Å².